The number of aromatic carboxylic acids is 1. The molecule has 36 heavy (non-hydrogen) atoms. The first kappa shape index (κ1) is 26.8. The molecule has 2 bridgehead atoms. The fraction of sp³-hybridized carbons (Fsp3) is 0.656. The standard InChI is InChI=1S/C32H46O4/c1-8-9-10-11-22-25(24-17-20-14-15-32(24,7)31(20,5)6)28(33)26(29(34)27(22)30(35)36)23-16-19(4)12-13-21(23)18(2)3/h16,20-21,23-24,33-34H,2,8-15,17H2,1,3-7H3,(H,35,36)/t20?,21-,23+,24?,32?/m0/s1. The summed E-state index contributed by atoms with van der Waals surface area (Å²) in [7, 11) is 0. The van der Waals surface area contributed by atoms with Crippen LogP contribution in [0.5, 0.6) is 11.5 Å². The van der Waals surface area contributed by atoms with Crippen molar-refractivity contribution in [2.24, 2.45) is 22.7 Å². The van der Waals surface area contributed by atoms with Gasteiger partial charge in [0.2, 0.25) is 0 Å². The highest BCUT2D eigenvalue weighted by Gasteiger charge is 2.62. The van der Waals surface area contributed by atoms with Gasteiger partial charge in [-0.1, -0.05) is 64.3 Å². The molecule has 0 saturated heterocycles. The fourth-order valence-corrected chi connectivity index (χ4v) is 8.09. The maximum absolute atomic E-state index is 12.8. The smallest absolute Gasteiger partial charge is 0.339 e. The Kier molecular flexibility index (Phi) is 7.13. The summed E-state index contributed by atoms with van der Waals surface area (Å²) in [6.45, 7) is 17.5. The molecule has 0 aromatic heterocycles. The molecule has 0 heterocycles. The first-order valence-corrected chi connectivity index (χ1v) is 14.0. The Morgan fingerprint density at radius 3 is 2.33 bits per heavy atom. The second-order valence-electron chi connectivity index (χ2n) is 12.8. The number of carbonyl (C=O) groups is 1. The molecule has 3 N–H and O–H groups in total. The molecule has 0 aliphatic heterocycles. The summed E-state index contributed by atoms with van der Waals surface area (Å²) in [4.78, 5) is 12.8. The number of allylic oxidation sites excluding steroid dienone is 3. The van der Waals surface area contributed by atoms with Gasteiger partial charge >= 0.3 is 5.97 Å². The number of phenols is 2. The van der Waals surface area contributed by atoms with Crippen LogP contribution in [0.3, 0.4) is 0 Å². The number of carboxylic acids is 1. The zero-order valence-corrected chi connectivity index (χ0v) is 23.2. The van der Waals surface area contributed by atoms with Crippen molar-refractivity contribution in [2.45, 2.75) is 111 Å². The van der Waals surface area contributed by atoms with E-state index in [9.17, 15) is 20.1 Å². The number of phenolic OH excluding ortho intramolecular Hbond substituents is 1. The Bertz CT molecular complexity index is 1090. The monoisotopic (exact) mass is 494 g/mol. The molecule has 4 heteroatoms. The van der Waals surface area contributed by atoms with Crippen LogP contribution in [0.2, 0.25) is 0 Å². The molecule has 0 amide bonds. The SMILES string of the molecule is C=C(C)[C@@H]1CCC(C)=C[C@H]1c1c(O)c(C(=O)O)c(CCCCC)c(C2CC3CCC2(C)C3(C)C)c1O. The van der Waals surface area contributed by atoms with Gasteiger partial charge < -0.3 is 15.3 Å². The van der Waals surface area contributed by atoms with E-state index in [0.717, 1.165) is 56.1 Å². The number of benzene rings is 1. The second kappa shape index (κ2) is 9.58. The third-order valence-electron chi connectivity index (χ3n) is 10.7. The summed E-state index contributed by atoms with van der Waals surface area (Å²) in [5, 5.41) is 34.1. The lowest BCUT2D eigenvalue weighted by atomic mass is 9.63. The average molecular weight is 495 g/mol. The van der Waals surface area contributed by atoms with Gasteiger partial charge in [0.25, 0.3) is 0 Å². The molecule has 0 radical (unpaired) electrons. The molecule has 3 unspecified atom stereocenters. The van der Waals surface area contributed by atoms with Gasteiger partial charge in [0, 0.05) is 17.0 Å². The lowest BCUT2D eigenvalue weighted by molar-refractivity contribution is 0.0691. The van der Waals surface area contributed by atoms with Gasteiger partial charge in [-0.05, 0) is 92.9 Å². The number of aromatic hydroxyl groups is 2. The third kappa shape index (κ3) is 4.00. The molecule has 3 aliphatic rings. The molecule has 4 nitrogen and oxygen atoms in total. The van der Waals surface area contributed by atoms with Crippen LogP contribution >= 0.6 is 0 Å². The first-order chi connectivity index (χ1) is 16.9. The lowest BCUT2D eigenvalue weighted by Crippen LogP contribution is -2.32. The van der Waals surface area contributed by atoms with Crippen LogP contribution in [0.15, 0.2) is 23.8 Å². The minimum atomic E-state index is -1.10. The van der Waals surface area contributed by atoms with E-state index in [2.05, 4.69) is 47.3 Å². The predicted octanol–water partition coefficient (Wildman–Crippen LogP) is 8.47. The van der Waals surface area contributed by atoms with Crippen LogP contribution in [-0.2, 0) is 6.42 Å². The van der Waals surface area contributed by atoms with Crippen LogP contribution < -0.4 is 0 Å². The topological polar surface area (TPSA) is 77.8 Å². The van der Waals surface area contributed by atoms with Crippen molar-refractivity contribution in [1.82, 2.24) is 0 Å². The Balaban J connectivity index is 2.02. The van der Waals surface area contributed by atoms with Gasteiger partial charge in [-0.25, -0.2) is 4.79 Å². The minimum absolute atomic E-state index is 0.00942. The van der Waals surface area contributed by atoms with Crippen LogP contribution in [0.25, 0.3) is 0 Å². The maximum Gasteiger partial charge on any atom is 0.339 e. The summed E-state index contributed by atoms with van der Waals surface area (Å²) in [5.41, 5.74) is 4.18. The van der Waals surface area contributed by atoms with Gasteiger partial charge in [-0.2, -0.15) is 0 Å². The molecule has 2 fully saturated rings. The highest BCUT2D eigenvalue weighted by atomic mass is 16.4. The lowest BCUT2D eigenvalue weighted by Gasteiger charge is -2.41. The van der Waals surface area contributed by atoms with Crippen molar-refractivity contribution in [1.29, 1.82) is 0 Å². The Morgan fingerprint density at radius 2 is 1.81 bits per heavy atom. The number of unbranched alkanes of at least 4 members (excludes halogenated alkanes) is 2. The zero-order chi connectivity index (χ0) is 26.6. The second-order valence-corrected chi connectivity index (χ2v) is 12.8. The molecule has 2 saturated carbocycles. The summed E-state index contributed by atoms with van der Waals surface area (Å²) in [5.74, 6) is -0.795. The quantitative estimate of drug-likeness (QED) is 0.250. The van der Waals surface area contributed by atoms with Gasteiger partial charge in [0.1, 0.15) is 17.1 Å². The predicted molar refractivity (Wildman–Crippen MR) is 146 cm³/mol. The molecular weight excluding hydrogens is 448 g/mol. The number of carboxylic acid groups (broad SMARTS) is 1. The van der Waals surface area contributed by atoms with E-state index in [4.69, 9.17) is 0 Å². The van der Waals surface area contributed by atoms with E-state index >= 15 is 0 Å². The van der Waals surface area contributed by atoms with Crippen molar-refractivity contribution in [3.05, 3.63) is 46.1 Å². The number of hydrogen-bond acceptors (Lipinski definition) is 3. The third-order valence-corrected chi connectivity index (χ3v) is 10.7. The van der Waals surface area contributed by atoms with E-state index in [1.165, 1.54) is 12.0 Å². The van der Waals surface area contributed by atoms with Crippen molar-refractivity contribution in [2.75, 3.05) is 0 Å². The average Bonchev–Trinajstić information content (AvgIpc) is 3.12. The van der Waals surface area contributed by atoms with E-state index in [0.29, 0.717) is 23.5 Å². The molecule has 1 aromatic carbocycles. The summed E-state index contributed by atoms with van der Waals surface area (Å²) >= 11 is 0. The summed E-state index contributed by atoms with van der Waals surface area (Å²) in [6, 6.07) is 0. The minimum Gasteiger partial charge on any atom is -0.507 e. The van der Waals surface area contributed by atoms with Crippen LogP contribution in [0.1, 0.15) is 132 Å². The summed E-state index contributed by atoms with van der Waals surface area (Å²) in [6.07, 6.45) is 10.6. The summed E-state index contributed by atoms with van der Waals surface area (Å²) < 4.78 is 0. The Hall–Kier alpha value is -2.23. The van der Waals surface area contributed by atoms with Gasteiger partial charge in [-0.15, -0.1) is 0 Å². The van der Waals surface area contributed by atoms with E-state index < -0.39 is 5.97 Å². The van der Waals surface area contributed by atoms with Gasteiger partial charge in [-0.3, -0.25) is 0 Å². The Labute approximate surface area is 217 Å². The van der Waals surface area contributed by atoms with Gasteiger partial charge in [0.15, 0.2) is 0 Å². The Morgan fingerprint density at radius 1 is 1.11 bits per heavy atom. The molecular formula is C32H46O4. The van der Waals surface area contributed by atoms with E-state index in [1.807, 2.05) is 6.92 Å². The molecule has 5 atom stereocenters. The largest absolute Gasteiger partial charge is 0.507 e. The van der Waals surface area contributed by atoms with E-state index in [1.54, 1.807) is 0 Å². The highest BCUT2D eigenvalue weighted by molar-refractivity contribution is 5.95. The normalized spacial score (nSPS) is 30.9. The zero-order valence-electron chi connectivity index (χ0n) is 23.2. The number of fused-ring (bicyclic) bond motifs is 2. The first-order valence-electron chi connectivity index (χ1n) is 14.0. The highest BCUT2D eigenvalue weighted by Crippen LogP contribution is 2.72. The molecule has 1 aromatic rings. The fourth-order valence-electron chi connectivity index (χ4n) is 8.09. The van der Waals surface area contributed by atoms with Gasteiger partial charge in [0.05, 0.1) is 0 Å². The van der Waals surface area contributed by atoms with E-state index in [-0.39, 0.29) is 45.6 Å². The number of hydrogen-bond donors (Lipinski definition) is 3. The van der Waals surface area contributed by atoms with Crippen LogP contribution in [0, 0.1) is 22.7 Å². The van der Waals surface area contributed by atoms with Crippen molar-refractivity contribution >= 4 is 5.97 Å². The van der Waals surface area contributed by atoms with Crippen LogP contribution in [0.4, 0.5) is 0 Å². The maximum atomic E-state index is 12.8. The molecule has 0 spiro atoms. The number of rotatable bonds is 8. The molecule has 198 valence electrons. The van der Waals surface area contributed by atoms with Crippen LogP contribution in [-0.4, -0.2) is 21.3 Å². The molecule has 3 aliphatic carbocycles. The van der Waals surface area contributed by atoms with Crippen molar-refractivity contribution in [3.63, 3.8) is 0 Å². The van der Waals surface area contributed by atoms with Crippen molar-refractivity contribution in [3.8, 4) is 11.5 Å². The molecule has 4 rings (SSSR count). The van der Waals surface area contributed by atoms with Crippen molar-refractivity contribution < 1.29 is 20.1 Å².